The Labute approximate surface area is 219 Å². The second-order valence-corrected chi connectivity index (χ2v) is 11.8. The van der Waals surface area contributed by atoms with Crippen LogP contribution < -0.4 is 26.8 Å². The highest BCUT2D eigenvalue weighted by atomic mass is 32.2. The first-order chi connectivity index (χ1) is 17.0. The number of nitrogens with one attached hydrogen (secondary N) is 3. The summed E-state index contributed by atoms with van der Waals surface area (Å²) >= 11 is 0. The highest BCUT2D eigenvalue weighted by molar-refractivity contribution is 7.90. The molecule has 3 amide bonds. The second-order valence-electron chi connectivity index (χ2n) is 10.1. The van der Waals surface area contributed by atoms with Crippen molar-refractivity contribution in [1.29, 1.82) is 0 Å². The summed E-state index contributed by atoms with van der Waals surface area (Å²) in [4.78, 5) is 41.0. The van der Waals surface area contributed by atoms with E-state index in [1.54, 1.807) is 32.9 Å². The minimum Gasteiger partial charge on any atom is -0.444 e. The average Bonchev–Trinajstić information content (AvgIpc) is 2.73. The number of benzene rings is 1. The third-order valence-electron chi connectivity index (χ3n) is 4.88. The number of hydrogen-bond donors (Lipinski definition) is 5. The molecule has 12 nitrogen and oxygen atoms in total. The summed E-state index contributed by atoms with van der Waals surface area (Å²) in [6, 6.07) is 4.28. The standard InChI is InChI=1S/C24H40N6O6S/c1-15(2)14-19(29-23(33)36-24(4,5)6)21(32)28-18(20(25)31)8-7-13-27-22(26)30-37(34,35)17-11-9-16(3)10-12-17/h9-12,15,18-19H,7-8,13-14H2,1-6H3,(H2,25,31)(H,28,32)(H,29,33)(H3,26,27,30)/t18-,19+/m0/s1. The zero-order chi connectivity index (χ0) is 28.4. The number of alkyl carbamates (subject to hydrolysis) is 1. The molecule has 0 aliphatic rings. The van der Waals surface area contributed by atoms with Crippen LogP contribution in [0.15, 0.2) is 34.2 Å². The summed E-state index contributed by atoms with van der Waals surface area (Å²) in [5.74, 6) is -1.57. The van der Waals surface area contributed by atoms with Crippen LogP contribution in [-0.2, 0) is 24.3 Å². The van der Waals surface area contributed by atoms with Gasteiger partial charge in [0.05, 0.1) is 4.90 Å². The number of carbonyl (C=O) groups excluding carboxylic acids is 3. The van der Waals surface area contributed by atoms with Crippen LogP contribution >= 0.6 is 0 Å². The largest absolute Gasteiger partial charge is 0.444 e. The van der Waals surface area contributed by atoms with Crippen LogP contribution in [0.25, 0.3) is 0 Å². The molecule has 37 heavy (non-hydrogen) atoms. The fourth-order valence-electron chi connectivity index (χ4n) is 3.15. The van der Waals surface area contributed by atoms with E-state index in [4.69, 9.17) is 16.2 Å². The van der Waals surface area contributed by atoms with Crippen LogP contribution in [0.4, 0.5) is 4.79 Å². The van der Waals surface area contributed by atoms with Gasteiger partial charge in [-0.1, -0.05) is 31.5 Å². The van der Waals surface area contributed by atoms with Crippen molar-refractivity contribution < 1.29 is 27.5 Å². The third-order valence-corrected chi connectivity index (χ3v) is 6.25. The van der Waals surface area contributed by atoms with Gasteiger partial charge in [-0.15, -0.1) is 0 Å². The molecule has 0 aliphatic carbocycles. The number of amides is 3. The number of primary amides is 1. The second kappa shape index (κ2) is 13.8. The zero-order valence-electron chi connectivity index (χ0n) is 22.3. The fraction of sp³-hybridized carbons (Fsp3) is 0.583. The third kappa shape index (κ3) is 12.4. The number of ether oxygens (including phenoxy) is 1. The van der Waals surface area contributed by atoms with Gasteiger partial charge in [0.1, 0.15) is 17.7 Å². The van der Waals surface area contributed by atoms with Crippen molar-refractivity contribution in [2.24, 2.45) is 22.4 Å². The van der Waals surface area contributed by atoms with Crippen molar-refractivity contribution in [2.45, 2.75) is 83.4 Å². The summed E-state index contributed by atoms with van der Waals surface area (Å²) in [6.45, 7) is 10.8. The number of aliphatic imine (C=N–C) groups is 1. The van der Waals surface area contributed by atoms with Gasteiger partial charge in [-0.25, -0.2) is 17.9 Å². The van der Waals surface area contributed by atoms with Gasteiger partial charge in [0, 0.05) is 6.54 Å². The predicted octanol–water partition coefficient (Wildman–Crippen LogP) is 1.28. The summed E-state index contributed by atoms with van der Waals surface area (Å²) in [6.07, 6.45) is -0.0290. The van der Waals surface area contributed by atoms with E-state index in [1.807, 2.05) is 20.8 Å². The van der Waals surface area contributed by atoms with E-state index in [1.165, 1.54) is 12.1 Å². The first kappa shape index (κ1) is 31.7. The Morgan fingerprint density at radius 1 is 1.03 bits per heavy atom. The van der Waals surface area contributed by atoms with Crippen molar-refractivity contribution in [2.75, 3.05) is 6.54 Å². The van der Waals surface area contributed by atoms with Crippen LogP contribution in [0.2, 0.25) is 0 Å². The molecule has 7 N–H and O–H groups in total. The van der Waals surface area contributed by atoms with Crippen molar-refractivity contribution >= 4 is 33.9 Å². The van der Waals surface area contributed by atoms with Crippen molar-refractivity contribution in [3.8, 4) is 0 Å². The number of rotatable bonds is 12. The molecular weight excluding hydrogens is 500 g/mol. The number of guanidine groups is 1. The minimum absolute atomic E-state index is 0.0451. The minimum atomic E-state index is -3.88. The number of carbonyl (C=O) groups is 3. The molecule has 0 bridgehead atoms. The molecule has 0 aromatic heterocycles. The van der Waals surface area contributed by atoms with E-state index in [2.05, 4.69) is 20.3 Å². The van der Waals surface area contributed by atoms with Gasteiger partial charge in [0.2, 0.25) is 17.8 Å². The number of aryl methyl sites for hydroxylation is 1. The number of nitrogens with two attached hydrogens (primary N) is 2. The van der Waals surface area contributed by atoms with Crippen molar-refractivity contribution in [1.82, 2.24) is 15.4 Å². The molecule has 208 valence electrons. The molecule has 0 saturated heterocycles. The van der Waals surface area contributed by atoms with Crippen molar-refractivity contribution in [3.05, 3.63) is 29.8 Å². The summed E-state index contributed by atoms with van der Waals surface area (Å²) < 4.78 is 32.2. The molecule has 0 saturated carbocycles. The molecule has 0 aliphatic heterocycles. The Morgan fingerprint density at radius 3 is 2.14 bits per heavy atom. The van der Waals surface area contributed by atoms with Gasteiger partial charge in [-0.05, 0) is 65.0 Å². The highest BCUT2D eigenvalue weighted by Crippen LogP contribution is 2.11. The first-order valence-corrected chi connectivity index (χ1v) is 13.5. The van der Waals surface area contributed by atoms with Crippen molar-refractivity contribution in [3.63, 3.8) is 0 Å². The van der Waals surface area contributed by atoms with Crippen LogP contribution in [0.1, 0.15) is 59.4 Å². The van der Waals surface area contributed by atoms with Gasteiger partial charge in [-0.2, -0.15) is 0 Å². The quantitative estimate of drug-likeness (QED) is 0.149. The molecular formula is C24H40N6O6S. The van der Waals surface area contributed by atoms with Gasteiger partial charge in [-0.3, -0.25) is 14.6 Å². The lowest BCUT2D eigenvalue weighted by Crippen LogP contribution is -2.53. The van der Waals surface area contributed by atoms with E-state index >= 15 is 0 Å². The number of nitrogens with zero attached hydrogens (tertiary/aromatic N) is 1. The van der Waals surface area contributed by atoms with E-state index in [0.29, 0.717) is 6.42 Å². The van der Waals surface area contributed by atoms with E-state index in [0.717, 1.165) is 5.56 Å². The zero-order valence-corrected chi connectivity index (χ0v) is 23.1. The molecule has 1 rings (SSSR count). The summed E-state index contributed by atoms with van der Waals surface area (Å²) in [5, 5.41) is 5.11. The van der Waals surface area contributed by atoms with Gasteiger partial charge in [0.15, 0.2) is 0 Å². The SMILES string of the molecule is Cc1ccc(S(=O)(=O)NC(N)=NCCC[C@H](NC(=O)[C@@H](CC(C)C)NC(=O)OC(C)(C)C)C(N)=O)cc1. The van der Waals surface area contributed by atoms with E-state index in [9.17, 15) is 22.8 Å². The maximum Gasteiger partial charge on any atom is 0.408 e. The van der Waals surface area contributed by atoms with Gasteiger partial charge in [0.25, 0.3) is 10.0 Å². The van der Waals surface area contributed by atoms with Gasteiger partial charge >= 0.3 is 6.09 Å². The van der Waals surface area contributed by atoms with Crippen LogP contribution in [0.3, 0.4) is 0 Å². The molecule has 0 fully saturated rings. The lowest BCUT2D eigenvalue weighted by molar-refractivity contribution is -0.129. The Kier molecular flexibility index (Phi) is 11.8. The van der Waals surface area contributed by atoms with Crippen LogP contribution in [0.5, 0.6) is 0 Å². The molecule has 0 spiro atoms. The molecule has 0 heterocycles. The molecule has 0 radical (unpaired) electrons. The summed E-state index contributed by atoms with van der Waals surface area (Å²) in [5.41, 5.74) is 11.3. The number of sulfonamides is 1. The lowest BCUT2D eigenvalue weighted by Gasteiger charge is -2.25. The smallest absolute Gasteiger partial charge is 0.408 e. The Bertz CT molecular complexity index is 1060. The molecule has 0 unspecified atom stereocenters. The molecule has 1 aromatic carbocycles. The Balaban J connectivity index is 2.71. The monoisotopic (exact) mass is 540 g/mol. The van der Waals surface area contributed by atoms with Crippen LogP contribution in [-0.4, -0.2) is 56.5 Å². The van der Waals surface area contributed by atoms with Gasteiger partial charge < -0.3 is 26.8 Å². The number of hydrogen-bond acceptors (Lipinski definition) is 7. The maximum absolute atomic E-state index is 12.8. The fourth-order valence-corrected chi connectivity index (χ4v) is 4.10. The lowest BCUT2D eigenvalue weighted by atomic mass is 10.0. The normalized spacial score (nSPS) is 14.0. The average molecular weight is 541 g/mol. The Hall–Kier alpha value is -3.35. The Morgan fingerprint density at radius 2 is 1.62 bits per heavy atom. The predicted molar refractivity (Wildman–Crippen MR) is 141 cm³/mol. The molecule has 1 aromatic rings. The summed E-state index contributed by atoms with van der Waals surface area (Å²) in [7, 11) is -3.88. The molecule has 13 heteroatoms. The first-order valence-electron chi connectivity index (χ1n) is 12.0. The van der Waals surface area contributed by atoms with Crippen LogP contribution in [0, 0.1) is 12.8 Å². The molecule has 2 atom stereocenters. The topological polar surface area (TPSA) is 195 Å². The highest BCUT2D eigenvalue weighted by Gasteiger charge is 2.28. The van der Waals surface area contributed by atoms with E-state index < -0.39 is 45.6 Å². The maximum atomic E-state index is 12.8. The van der Waals surface area contributed by atoms with E-state index in [-0.39, 0.29) is 36.2 Å².